The molecule has 0 bridgehead atoms. The fourth-order valence-electron chi connectivity index (χ4n) is 2.70. The largest absolute Gasteiger partial charge is 0.294 e. The van der Waals surface area contributed by atoms with Gasteiger partial charge in [0, 0.05) is 22.2 Å². The predicted octanol–water partition coefficient (Wildman–Crippen LogP) is 6.19. The smallest absolute Gasteiger partial charge is 0.170 e. The first-order valence-corrected chi connectivity index (χ1v) is 9.28. The number of nitrogens with zero attached hydrogens (tertiary/aromatic N) is 1. The normalized spacial score (nSPS) is 20.2. The number of rotatable bonds is 5. The van der Waals surface area contributed by atoms with E-state index in [0.717, 1.165) is 0 Å². The fourth-order valence-corrected chi connectivity index (χ4v) is 3.20. The van der Waals surface area contributed by atoms with Crippen molar-refractivity contribution in [1.29, 1.82) is 0 Å². The second-order valence-electron chi connectivity index (χ2n) is 7.56. The van der Waals surface area contributed by atoms with E-state index in [9.17, 15) is 4.79 Å². The van der Waals surface area contributed by atoms with Crippen LogP contribution >= 0.6 is 23.2 Å². The molecule has 1 aromatic carbocycles. The van der Waals surface area contributed by atoms with Crippen LogP contribution in [0.25, 0.3) is 0 Å². The molecule has 1 heterocycles. The number of allylic oxidation sites excluding steroid dienone is 3. The zero-order chi connectivity index (χ0) is 19.4. The summed E-state index contributed by atoms with van der Waals surface area (Å²) in [6.45, 7) is 8.12. The average molecular weight is 388 g/mol. The van der Waals surface area contributed by atoms with E-state index in [4.69, 9.17) is 23.2 Å². The molecule has 0 saturated heterocycles. The van der Waals surface area contributed by atoms with Crippen molar-refractivity contribution in [2.45, 2.75) is 39.7 Å². The van der Waals surface area contributed by atoms with Gasteiger partial charge >= 0.3 is 0 Å². The summed E-state index contributed by atoms with van der Waals surface area (Å²) in [5, 5.41) is 0.865. The van der Waals surface area contributed by atoms with Crippen molar-refractivity contribution in [3.63, 3.8) is 0 Å². The molecule has 26 heavy (non-hydrogen) atoms. The van der Waals surface area contributed by atoms with Crippen LogP contribution in [-0.2, 0) is 0 Å². The first-order chi connectivity index (χ1) is 12.1. The van der Waals surface area contributed by atoms with Gasteiger partial charge in [-0.15, -0.1) is 0 Å². The van der Waals surface area contributed by atoms with Crippen LogP contribution in [0, 0.1) is 23.2 Å². The van der Waals surface area contributed by atoms with E-state index in [0.29, 0.717) is 22.0 Å². The van der Waals surface area contributed by atoms with Crippen LogP contribution in [0.1, 0.15) is 44.5 Å². The van der Waals surface area contributed by atoms with Crippen LogP contribution in [-0.4, -0.2) is 17.5 Å². The van der Waals surface area contributed by atoms with E-state index in [2.05, 4.69) is 37.6 Å². The Morgan fingerprint density at radius 1 is 1.35 bits per heavy atom. The molecule has 0 fully saturated rings. The fraction of sp³-hybridized carbons (Fsp3) is 0.364. The van der Waals surface area contributed by atoms with Crippen LogP contribution in [0.2, 0.25) is 10.0 Å². The number of Topliss-reactive ketones (excluding diaryl/α,β-unsaturated/α-hetero) is 1. The van der Waals surface area contributed by atoms with Gasteiger partial charge in [-0.3, -0.25) is 9.79 Å². The van der Waals surface area contributed by atoms with Crippen molar-refractivity contribution in [2.75, 3.05) is 0 Å². The summed E-state index contributed by atoms with van der Waals surface area (Å²) in [6, 6.07) is 4.95. The van der Waals surface area contributed by atoms with Gasteiger partial charge < -0.3 is 0 Å². The number of aliphatic imine (C=N–C) groups is 1. The van der Waals surface area contributed by atoms with Crippen LogP contribution in [0.3, 0.4) is 0 Å². The Hall–Kier alpha value is -1.82. The molecule has 0 amide bonds. The number of benzene rings is 1. The average Bonchev–Trinajstić information content (AvgIpc) is 2.96. The summed E-state index contributed by atoms with van der Waals surface area (Å²) < 4.78 is 0. The maximum Gasteiger partial charge on any atom is 0.170 e. The third-order valence-electron chi connectivity index (χ3n) is 4.11. The first kappa shape index (κ1) is 20.5. The molecule has 2 atom stereocenters. The third-order valence-corrected chi connectivity index (χ3v) is 4.66. The SMILES string of the molecule is CC(C)(C)C#CC=CCC(C(=O)c1ccc(Cl)cc1Cl)C1(C)C=CC=N1. The van der Waals surface area contributed by atoms with Gasteiger partial charge in [0.2, 0.25) is 0 Å². The summed E-state index contributed by atoms with van der Waals surface area (Å²) in [6.07, 6.45) is 9.81. The minimum Gasteiger partial charge on any atom is -0.294 e. The molecule has 2 nitrogen and oxygen atoms in total. The van der Waals surface area contributed by atoms with E-state index >= 15 is 0 Å². The lowest BCUT2D eigenvalue weighted by Gasteiger charge is -2.28. The van der Waals surface area contributed by atoms with Gasteiger partial charge in [-0.25, -0.2) is 0 Å². The Bertz CT molecular complexity index is 820. The lowest BCUT2D eigenvalue weighted by atomic mass is 9.79. The Morgan fingerprint density at radius 2 is 2.08 bits per heavy atom. The lowest BCUT2D eigenvalue weighted by molar-refractivity contribution is 0.0884. The standard InChI is InChI=1S/C22H23Cl2NO/c1-21(2,3)12-7-5-6-9-18(22(4)13-8-14-25-22)20(26)17-11-10-16(23)15-19(17)24/h5-6,8,10-11,13-15,18H,9H2,1-4H3. The topological polar surface area (TPSA) is 29.4 Å². The van der Waals surface area contributed by atoms with Crippen LogP contribution in [0.15, 0.2) is 47.5 Å². The van der Waals surface area contributed by atoms with Crippen molar-refractivity contribution in [3.8, 4) is 11.8 Å². The van der Waals surface area contributed by atoms with E-state index in [1.807, 2.05) is 25.2 Å². The van der Waals surface area contributed by atoms with E-state index in [1.54, 1.807) is 30.5 Å². The van der Waals surface area contributed by atoms with Gasteiger partial charge in [0.1, 0.15) is 0 Å². The van der Waals surface area contributed by atoms with Crippen molar-refractivity contribution < 1.29 is 4.79 Å². The number of carbonyl (C=O) groups excluding carboxylic acids is 1. The van der Waals surface area contributed by atoms with Crippen LogP contribution < -0.4 is 0 Å². The Labute approximate surface area is 166 Å². The van der Waals surface area contributed by atoms with E-state index in [-0.39, 0.29) is 17.1 Å². The summed E-state index contributed by atoms with van der Waals surface area (Å²) in [7, 11) is 0. The molecule has 1 aliphatic rings. The quantitative estimate of drug-likeness (QED) is 0.437. The van der Waals surface area contributed by atoms with Gasteiger partial charge in [-0.2, -0.15) is 0 Å². The number of ketones is 1. The molecule has 0 N–H and O–H groups in total. The highest BCUT2D eigenvalue weighted by molar-refractivity contribution is 6.37. The number of carbonyl (C=O) groups is 1. The molecule has 136 valence electrons. The van der Waals surface area contributed by atoms with Crippen molar-refractivity contribution in [3.05, 3.63) is 58.1 Å². The summed E-state index contributed by atoms with van der Waals surface area (Å²) >= 11 is 12.2. The molecule has 4 heteroatoms. The number of halogens is 2. The monoisotopic (exact) mass is 387 g/mol. The predicted molar refractivity (Wildman–Crippen MR) is 111 cm³/mol. The minimum atomic E-state index is -0.595. The van der Waals surface area contributed by atoms with E-state index in [1.165, 1.54) is 0 Å². The summed E-state index contributed by atoms with van der Waals surface area (Å²) in [4.78, 5) is 17.7. The second kappa shape index (κ2) is 8.25. The Morgan fingerprint density at radius 3 is 2.65 bits per heavy atom. The van der Waals surface area contributed by atoms with Crippen LogP contribution in [0.4, 0.5) is 0 Å². The minimum absolute atomic E-state index is 0.0497. The maximum absolute atomic E-state index is 13.2. The third kappa shape index (κ3) is 5.34. The Kier molecular flexibility index (Phi) is 6.50. The number of hydrogen-bond acceptors (Lipinski definition) is 2. The van der Waals surface area contributed by atoms with Crippen LogP contribution in [0.5, 0.6) is 0 Å². The molecule has 0 aliphatic carbocycles. The van der Waals surface area contributed by atoms with Gasteiger partial charge in [0.25, 0.3) is 0 Å². The first-order valence-electron chi connectivity index (χ1n) is 8.52. The highest BCUT2D eigenvalue weighted by atomic mass is 35.5. The molecular formula is C22H23Cl2NO. The van der Waals surface area contributed by atoms with E-state index < -0.39 is 5.54 Å². The van der Waals surface area contributed by atoms with Gasteiger partial charge in [-0.05, 0) is 64.5 Å². The molecule has 0 saturated carbocycles. The molecule has 0 aromatic heterocycles. The maximum atomic E-state index is 13.2. The summed E-state index contributed by atoms with van der Waals surface area (Å²) in [5.74, 6) is 5.77. The van der Waals surface area contributed by atoms with Crippen molar-refractivity contribution >= 4 is 35.2 Å². The highest BCUT2D eigenvalue weighted by Gasteiger charge is 2.38. The lowest BCUT2D eigenvalue weighted by Crippen LogP contribution is -2.35. The van der Waals surface area contributed by atoms with Gasteiger partial charge in [-0.1, -0.05) is 47.2 Å². The second-order valence-corrected chi connectivity index (χ2v) is 8.41. The molecule has 2 rings (SSSR count). The molecule has 1 aromatic rings. The summed E-state index contributed by atoms with van der Waals surface area (Å²) in [5.41, 5.74) is -0.185. The zero-order valence-electron chi connectivity index (χ0n) is 15.5. The zero-order valence-corrected chi connectivity index (χ0v) is 17.0. The van der Waals surface area contributed by atoms with Gasteiger partial charge in [0.15, 0.2) is 5.78 Å². The van der Waals surface area contributed by atoms with Crippen molar-refractivity contribution in [1.82, 2.24) is 0 Å². The van der Waals surface area contributed by atoms with Gasteiger partial charge in [0.05, 0.1) is 16.5 Å². The molecule has 0 radical (unpaired) electrons. The molecule has 1 aliphatic heterocycles. The number of hydrogen-bond donors (Lipinski definition) is 0. The molecule has 2 unspecified atom stereocenters. The molecule has 0 spiro atoms. The Balaban J connectivity index is 2.28. The molecular weight excluding hydrogens is 365 g/mol. The van der Waals surface area contributed by atoms with Crippen molar-refractivity contribution in [2.24, 2.45) is 16.3 Å². The highest BCUT2D eigenvalue weighted by Crippen LogP contribution is 2.34.